The number of H-pyrrole nitrogens is 1. The van der Waals surface area contributed by atoms with Crippen LogP contribution >= 0.6 is 0 Å². The van der Waals surface area contributed by atoms with Crippen LogP contribution in [0.5, 0.6) is 5.75 Å². The highest BCUT2D eigenvalue weighted by Gasteiger charge is 2.25. The molecule has 0 saturated heterocycles. The van der Waals surface area contributed by atoms with Crippen molar-refractivity contribution in [3.05, 3.63) is 70.0 Å². The Morgan fingerprint density at radius 1 is 1.17 bits per heavy atom. The zero-order valence-electron chi connectivity index (χ0n) is 12.8. The third kappa shape index (κ3) is 2.42. The van der Waals surface area contributed by atoms with E-state index in [4.69, 9.17) is 4.74 Å². The predicted octanol–water partition coefficient (Wildman–Crippen LogP) is 2.18. The number of amides is 1. The van der Waals surface area contributed by atoms with Gasteiger partial charge in [0, 0.05) is 17.4 Å². The maximum atomic E-state index is 12.6. The number of para-hydroxylation sites is 2. The van der Waals surface area contributed by atoms with Crippen molar-refractivity contribution in [2.24, 2.45) is 0 Å². The van der Waals surface area contributed by atoms with Gasteiger partial charge in [-0.05, 0) is 18.2 Å². The van der Waals surface area contributed by atoms with Crippen LogP contribution in [0.2, 0.25) is 0 Å². The van der Waals surface area contributed by atoms with Crippen LogP contribution < -0.4 is 15.5 Å². The average Bonchev–Trinajstić information content (AvgIpc) is 2.62. The molecule has 1 aromatic heterocycles. The zero-order chi connectivity index (χ0) is 16.5. The van der Waals surface area contributed by atoms with Gasteiger partial charge in [0.1, 0.15) is 5.75 Å². The van der Waals surface area contributed by atoms with Crippen molar-refractivity contribution in [1.82, 2.24) is 15.5 Å². The monoisotopic (exact) mass is 321 g/mol. The molecule has 120 valence electrons. The van der Waals surface area contributed by atoms with E-state index in [2.05, 4.69) is 15.5 Å². The van der Waals surface area contributed by atoms with Crippen molar-refractivity contribution in [2.75, 3.05) is 6.61 Å². The van der Waals surface area contributed by atoms with Crippen LogP contribution in [0.4, 0.5) is 0 Å². The molecule has 0 saturated carbocycles. The van der Waals surface area contributed by atoms with Crippen LogP contribution in [-0.4, -0.2) is 22.7 Å². The highest BCUT2D eigenvalue weighted by Crippen LogP contribution is 2.31. The molecule has 2 aromatic carbocycles. The molecule has 0 unspecified atom stereocenters. The number of hydrogen-bond acceptors (Lipinski definition) is 4. The van der Waals surface area contributed by atoms with E-state index >= 15 is 0 Å². The van der Waals surface area contributed by atoms with Crippen molar-refractivity contribution < 1.29 is 9.53 Å². The summed E-state index contributed by atoms with van der Waals surface area (Å²) < 4.78 is 5.59. The minimum absolute atomic E-state index is 0.127. The van der Waals surface area contributed by atoms with E-state index < -0.39 is 5.91 Å². The number of nitrogens with zero attached hydrogens (tertiary/aromatic N) is 1. The first-order valence-corrected chi connectivity index (χ1v) is 7.74. The standard InChI is InChI=1S/C18H15N3O3/c22-17-12-6-1-3-7-14(12)20-21-16(17)18(23)19-13-9-10-24-15-8-4-2-5-11(13)15/h1-8,13H,9-10H2,(H,19,23)(H,20,22)/t13-/m0/s1. The zero-order valence-corrected chi connectivity index (χ0v) is 12.8. The first-order valence-electron chi connectivity index (χ1n) is 7.74. The number of hydrogen-bond donors (Lipinski definition) is 2. The van der Waals surface area contributed by atoms with E-state index in [9.17, 15) is 9.59 Å². The van der Waals surface area contributed by atoms with Gasteiger partial charge in [0.25, 0.3) is 5.91 Å². The van der Waals surface area contributed by atoms with Gasteiger partial charge < -0.3 is 10.1 Å². The van der Waals surface area contributed by atoms with Crippen molar-refractivity contribution in [2.45, 2.75) is 12.5 Å². The minimum atomic E-state index is -0.483. The third-order valence-corrected chi connectivity index (χ3v) is 4.15. The Morgan fingerprint density at radius 2 is 1.96 bits per heavy atom. The molecule has 24 heavy (non-hydrogen) atoms. The normalized spacial score (nSPS) is 16.2. The summed E-state index contributed by atoms with van der Waals surface area (Å²) >= 11 is 0. The Bertz CT molecular complexity index is 980. The second-order valence-corrected chi connectivity index (χ2v) is 5.65. The van der Waals surface area contributed by atoms with Gasteiger partial charge in [-0.25, -0.2) is 0 Å². The smallest absolute Gasteiger partial charge is 0.276 e. The lowest BCUT2D eigenvalue weighted by Crippen LogP contribution is -2.35. The second kappa shape index (κ2) is 5.81. The fourth-order valence-electron chi connectivity index (χ4n) is 2.95. The van der Waals surface area contributed by atoms with E-state index in [1.54, 1.807) is 24.3 Å². The summed E-state index contributed by atoms with van der Waals surface area (Å²) in [5.41, 5.74) is 1.02. The molecule has 4 rings (SSSR count). The Balaban J connectivity index is 1.66. The Kier molecular flexibility index (Phi) is 3.49. The van der Waals surface area contributed by atoms with E-state index in [0.29, 0.717) is 23.9 Å². The van der Waals surface area contributed by atoms with Crippen molar-refractivity contribution in [3.8, 4) is 5.75 Å². The van der Waals surface area contributed by atoms with Gasteiger partial charge in [-0.2, -0.15) is 5.10 Å². The van der Waals surface area contributed by atoms with E-state index in [1.807, 2.05) is 24.3 Å². The Labute approximate surface area is 137 Å². The number of nitrogens with one attached hydrogen (secondary N) is 2. The number of carbonyl (C=O) groups excluding carboxylic acids is 1. The van der Waals surface area contributed by atoms with Crippen molar-refractivity contribution >= 4 is 16.8 Å². The molecule has 0 spiro atoms. The SMILES string of the molecule is O=C(N[C@H]1CCOc2ccccc21)c1n[nH]c2ccccc2c1=O. The number of fused-ring (bicyclic) bond motifs is 2. The molecular formula is C18H15N3O3. The van der Waals surface area contributed by atoms with Crippen LogP contribution in [0.25, 0.3) is 10.9 Å². The fraction of sp³-hybridized carbons (Fsp3) is 0.167. The van der Waals surface area contributed by atoms with Crippen LogP contribution in [0.15, 0.2) is 53.3 Å². The first kappa shape index (κ1) is 14.4. The van der Waals surface area contributed by atoms with Gasteiger partial charge in [0.2, 0.25) is 5.43 Å². The van der Waals surface area contributed by atoms with Crippen molar-refractivity contribution in [1.29, 1.82) is 0 Å². The molecule has 1 aliphatic rings. The van der Waals surface area contributed by atoms with Gasteiger partial charge in [0.05, 0.1) is 18.2 Å². The predicted molar refractivity (Wildman–Crippen MR) is 89.1 cm³/mol. The van der Waals surface area contributed by atoms with E-state index in [-0.39, 0.29) is 17.2 Å². The molecule has 6 heteroatoms. The quantitative estimate of drug-likeness (QED) is 0.758. The topological polar surface area (TPSA) is 84.1 Å². The molecular weight excluding hydrogens is 306 g/mol. The van der Waals surface area contributed by atoms with E-state index in [0.717, 1.165) is 11.3 Å². The first-order chi connectivity index (χ1) is 11.7. The summed E-state index contributed by atoms with van der Waals surface area (Å²) in [4.78, 5) is 25.0. The Morgan fingerprint density at radius 3 is 2.88 bits per heavy atom. The lowest BCUT2D eigenvalue weighted by molar-refractivity contribution is 0.0918. The van der Waals surface area contributed by atoms with E-state index in [1.165, 1.54) is 0 Å². The van der Waals surface area contributed by atoms with Gasteiger partial charge in [-0.1, -0.05) is 30.3 Å². The second-order valence-electron chi connectivity index (χ2n) is 5.65. The molecule has 6 nitrogen and oxygen atoms in total. The molecule has 2 heterocycles. The number of aromatic nitrogens is 2. The van der Waals surface area contributed by atoms with Crippen LogP contribution in [-0.2, 0) is 0 Å². The largest absolute Gasteiger partial charge is 0.493 e. The number of benzene rings is 2. The summed E-state index contributed by atoms with van der Waals surface area (Å²) in [6, 6.07) is 14.4. The summed E-state index contributed by atoms with van der Waals surface area (Å²) in [5, 5.41) is 10.1. The van der Waals surface area contributed by atoms with Crippen LogP contribution in [0.1, 0.15) is 28.5 Å². The van der Waals surface area contributed by atoms with Gasteiger partial charge in [0.15, 0.2) is 5.69 Å². The van der Waals surface area contributed by atoms with Gasteiger partial charge in [-0.3, -0.25) is 14.7 Å². The molecule has 0 fully saturated rings. The number of aromatic amines is 1. The summed E-state index contributed by atoms with van der Waals surface area (Å²) in [5.74, 6) is 0.276. The fourth-order valence-corrected chi connectivity index (χ4v) is 2.95. The molecule has 2 N–H and O–H groups in total. The molecule has 0 radical (unpaired) electrons. The lowest BCUT2D eigenvalue weighted by Gasteiger charge is -2.26. The lowest BCUT2D eigenvalue weighted by atomic mass is 10.0. The van der Waals surface area contributed by atoms with Gasteiger partial charge in [-0.15, -0.1) is 0 Å². The molecule has 3 aromatic rings. The minimum Gasteiger partial charge on any atom is -0.493 e. The van der Waals surface area contributed by atoms with Crippen molar-refractivity contribution in [3.63, 3.8) is 0 Å². The molecule has 1 amide bonds. The summed E-state index contributed by atoms with van der Waals surface area (Å²) in [7, 11) is 0. The summed E-state index contributed by atoms with van der Waals surface area (Å²) in [6.45, 7) is 0.517. The van der Waals surface area contributed by atoms with Crippen LogP contribution in [0, 0.1) is 0 Å². The van der Waals surface area contributed by atoms with Crippen LogP contribution in [0.3, 0.4) is 0 Å². The summed E-state index contributed by atoms with van der Waals surface area (Å²) in [6.07, 6.45) is 0.647. The number of ether oxygens (including phenoxy) is 1. The maximum absolute atomic E-state index is 12.6. The van der Waals surface area contributed by atoms with Gasteiger partial charge >= 0.3 is 0 Å². The maximum Gasteiger partial charge on any atom is 0.276 e. The Hall–Kier alpha value is -3.15. The average molecular weight is 321 g/mol. The highest BCUT2D eigenvalue weighted by atomic mass is 16.5. The number of rotatable bonds is 2. The highest BCUT2D eigenvalue weighted by molar-refractivity contribution is 5.95. The third-order valence-electron chi connectivity index (χ3n) is 4.15. The molecule has 1 atom stereocenters. The molecule has 1 aliphatic heterocycles. The molecule has 0 bridgehead atoms. The molecule has 0 aliphatic carbocycles. The number of carbonyl (C=O) groups is 1.